The first kappa shape index (κ1) is 17.4. The van der Waals surface area contributed by atoms with Crippen LogP contribution in [0.4, 0.5) is 10.1 Å². The number of para-hydroxylation sites is 1. The highest BCUT2D eigenvalue weighted by atomic mass is 19.1. The van der Waals surface area contributed by atoms with E-state index in [-0.39, 0.29) is 24.2 Å². The first-order chi connectivity index (χ1) is 12.6. The predicted molar refractivity (Wildman–Crippen MR) is 98.4 cm³/mol. The second-order valence-corrected chi connectivity index (χ2v) is 5.67. The highest BCUT2D eigenvalue weighted by Crippen LogP contribution is 2.16. The van der Waals surface area contributed by atoms with E-state index in [0.29, 0.717) is 16.8 Å². The zero-order valence-electron chi connectivity index (χ0n) is 13.9. The summed E-state index contributed by atoms with van der Waals surface area (Å²) < 4.78 is 12.9. The highest BCUT2D eigenvalue weighted by Gasteiger charge is 2.13. The van der Waals surface area contributed by atoms with Gasteiger partial charge in [-0.3, -0.25) is 9.59 Å². The number of hydrogen-bond donors (Lipinski definition) is 2. The third-order valence-electron chi connectivity index (χ3n) is 3.82. The van der Waals surface area contributed by atoms with Gasteiger partial charge in [-0.05, 0) is 42.0 Å². The van der Waals surface area contributed by atoms with E-state index in [1.807, 2.05) is 6.07 Å². The molecule has 2 N–H and O–H groups in total. The van der Waals surface area contributed by atoms with Gasteiger partial charge in [0.2, 0.25) is 0 Å². The third kappa shape index (κ3) is 4.33. The van der Waals surface area contributed by atoms with Crippen molar-refractivity contribution in [2.75, 3.05) is 5.32 Å². The second-order valence-electron chi connectivity index (χ2n) is 5.67. The second kappa shape index (κ2) is 8.07. The molecule has 26 heavy (non-hydrogen) atoms. The van der Waals surface area contributed by atoms with E-state index in [9.17, 15) is 14.0 Å². The van der Waals surface area contributed by atoms with Crippen molar-refractivity contribution >= 4 is 17.5 Å². The predicted octanol–water partition coefficient (Wildman–Crippen LogP) is 4.01. The molecule has 0 heterocycles. The van der Waals surface area contributed by atoms with Crippen LogP contribution in [0.15, 0.2) is 78.9 Å². The Bertz CT molecular complexity index is 909. The van der Waals surface area contributed by atoms with Crippen molar-refractivity contribution in [3.05, 3.63) is 101 Å². The smallest absolute Gasteiger partial charge is 0.255 e. The van der Waals surface area contributed by atoms with Crippen LogP contribution in [0.1, 0.15) is 26.3 Å². The number of benzene rings is 3. The molecular formula is C21H17FN2O2. The summed E-state index contributed by atoms with van der Waals surface area (Å²) in [4.78, 5) is 24.8. The first-order valence-electron chi connectivity index (χ1n) is 8.11. The molecule has 0 aromatic heterocycles. The summed E-state index contributed by atoms with van der Waals surface area (Å²) in [7, 11) is 0. The van der Waals surface area contributed by atoms with Gasteiger partial charge in [0.1, 0.15) is 5.82 Å². The number of anilines is 1. The van der Waals surface area contributed by atoms with Crippen molar-refractivity contribution in [1.82, 2.24) is 5.32 Å². The lowest BCUT2D eigenvalue weighted by Gasteiger charge is -2.11. The molecule has 3 aromatic carbocycles. The molecule has 0 fully saturated rings. The minimum atomic E-state index is -0.325. The van der Waals surface area contributed by atoms with Gasteiger partial charge in [-0.25, -0.2) is 4.39 Å². The molecule has 3 aromatic rings. The average molecular weight is 348 g/mol. The minimum Gasteiger partial charge on any atom is -0.348 e. The van der Waals surface area contributed by atoms with Crippen molar-refractivity contribution in [1.29, 1.82) is 0 Å². The molecule has 3 rings (SSSR count). The Hall–Kier alpha value is -3.47. The van der Waals surface area contributed by atoms with Gasteiger partial charge >= 0.3 is 0 Å². The summed E-state index contributed by atoms with van der Waals surface area (Å²) in [6.45, 7) is 0.264. The van der Waals surface area contributed by atoms with Gasteiger partial charge in [0.15, 0.2) is 0 Å². The highest BCUT2D eigenvalue weighted by molar-refractivity contribution is 6.08. The molecule has 2 amide bonds. The van der Waals surface area contributed by atoms with Crippen LogP contribution in [-0.2, 0) is 6.54 Å². The summed E-state index contributed by atoms with van der Waals surface area (Å²) in [6.07, 6.45) is 0. The van der Waals surface area contributed by atoms with Gasteiger partial charge in [-0.15, -0.1) is 0 Å². The van der Waals surface area contributed by atoms with Gasteiger partial charge in [0.25, 0.3) is 11.8 Å². The lowest BCUT2D eigenvalue weighted by Crippen LogP contribution is -2.24. The molecule has 5 heteroatoms. The van der Waals surface area contributed by atoms with Crippen LogP contribution in [0.25, 0.3) is 0 Å². The molecule has 0 aliphatic rings. The van der Waals surface area contributed by atoms with Crippen LogP contribution in [0, 0.1) is 5.82 Å². The molecular weight excluding hydrogens is 331 g/mol. The fourth-order valence-corrected chi connectivity index (χ4v) is 2.45. The summed E-state index contributed by atoms with van der Waals surface area (Å²) in [5.41, 5.74) is 2.08. The average Bonchev–Trinajstić information content (AvgIpc) is 2.68. The number of carbonyl (C=O) groups excluding carboxylic acids is 2. The Kier molecular flexibility index (Phi) is 5.39. The molecule has 0 aliphatic heterocycles. The molecule has 0 radical (unpaired) electrons. The Morgan fingerprint density at radius 1 is 0.769 bits per heavy atom. The number of nitrogens with one attached hydrogen (secondary N) is 2. The van der Waals surface area contributed by atoms with Crippen molar-refractivity contribution in [3.63, 3.8) is 0 Å². The maximum Gasteiger partial charge on any atom is 0.255 e. The number of halogens is 1. The van der Waals surface area contributed by atoms with Crippen LogP contribution in [0.2, 0.25) is 0 Å². The minimum absolute atomic E-state index is 0.264. The fourth-order valence-electron chi connectivity index (χ4n) is 2.45. The molecule has 0 bridgehead atoms. The van der Waals surface area contributed by atoms with E-state index < -0.39 is 0 Å². The Morgan fingerprint density at radius 3 is 2.15 bits per heavy atom. The molecule has 0 spiro atoms. The van der Waals surface area contributed by atoms with Gasteiger partial charge in [0, 0.05) is 12.1 Å². The van der Waals surface area contributed by atoms with E-state index in [4.69, 9.17) is 0 Å². The summed E-state index contributed by atoms with van der Waals surface area (Å²) in [6, 6.07) is 21.5. The van der Waals surface area contributed by atoms with Crippen molar-refractivity contribution < 1.29 is 14.0 Å². The lowest BCUT2D eigenvalue weighted by atomic mass is 10.1. The standard InChI is InChI=1S/C21H17FN2O2/c22-17-12-10-15(11-13-17)14-23-21(26)18-8-4-5-9-19(18)24-20(25)16-6-2-1-3-7-16/h1-13H,14H2,(H,23,26)(H,24,25). The van der Waals surface area contributed by atoms with Gasteiger partial charge in [-0.2, -0.15) is 0 Å². The molecule has 0 unspecified atom stereocenters. The number of carbonyl (C=O) groups is 2. The first-order valence-corrected chi connectivity index (χ1v) is 8.11. The van der Waals surface area contributed by atoms with Gasteiger partial charge < -0.3 is 10.6 Å². The Labute approximate surface area is 150 Å². The van der Waals surface area contributed by atoms with E-state index in [2.05, 4.69) is 10.6 Å². The van der Waals surface area contributed by atoms with Crippen LogP contribution >= 0.6 is 0 Å². The van der Waals surface area contributed by atoms with E-state index >= 15 is 0 Å². The number of hydrogen-bond acceptors (Lipinski definition) is 2. The van der Waals surface area contributed by atoms with Gasteiger partial charge in [0.05, 0.1) is 11.3 Å². The third-order valence-corrected chi connectivity index (χ3v) is 3.82. The molecule has 0 saturated heterocycles. The largest absolute Gasteiger partial charge is 0.348 e. The monoisotopic (exact) mass is 348 g/mol. The van der Waals surface area contributed by atoms with Crippen molar-refractivity contribution in [2.24, 2.45) is 0 Å². The lowest BCUT2D eigenvalue weighted by molar-refractivity contribution is 0.0952. The molecule has 0 atom stereocenters. The molecule has 0 aliphatic carbocycles. The van der Waals surface area contributed by atoms with Gasteiger partial charge in [-0.1, -0.05) is 42.5 Å². The number of rotatable bonds is 5. The quantitative estimate of drug-likeness (QED) is 0.732. The summed E-state index contributed by atoms with van der Waals surface area (Å²) in [5, 5.41) is 5.54. The van der Waals surface area contributed by atoms with Crippen LogP contribution in [0.3, 0.4) is 0 Å². The zero-order valence-corrected chi connectivity index (χ0v) is 13.9. The van der Waals surface area contributed by atoms with Crippen LogP contribution < -0.4 is 10.6 Å². The van der Waals surface area contributed by atoms with Crippen molar-refractivity contribution in [2.45, 2.75) is 6.54 Å². The molecule has 0 saturated carbocycles. The van der Waals surface area contributed by atoms with E-state index in [1.165, 1.54) is 12.1 Å². The summed E-state index contributed by atoms with van der Waals surface area (Å²) >= 11 is 0. The molecule has 130 valence electrons. The maximum atomic E-state index is 12.9. The normalized spacial score (nSPS) is 10.2. The van der Waals surface area contributed by atoms with Crippen LogP contribution in [0.5, 0.6) is 0 Å². The Morgan fingerprint density at radius 2 is 1.42 bits per heavy atom. The Balaban J connectivity index is 1.70. The van der Waals surface area contributed by atoms with E-state index in [1.54, 1.807) is 60.7 Å². The topological polar surface area (TPSA) is 58.2 Å². The van der Waals surface area contributed by atoms with Crippen molar-refractivity contribution in [3.8, 4) is 0 Å². The van der Waals surface area contributed by atoms with E-state index in [0.717, 1.165) is 5.56 Å². The maximum absolute atomic E-state index is 12.9. The van der Waals surface area contributed by atoms with Crippen LogP contribution in [-0.4, -0.2) is 11.8 Å². The molecule has 4 nitrogen and oxygen atoms in total. The number of amides is 2. The zero-order chi connectivity index (χ0) is 18.4. The summed E-state index contributed by atoms with van der Waals surface area (Å²) in [5.74, 6) is -0.934. The SMILES string of the molecule is O=C(Nc1ccccc1C(=O)NCc1ccc(F)cc1)c1ccccc1. The fraction of sp³-hybridized carbons (Fsp3) is 0.0476.